The molecular formula is C37H27N3O. The second-order valence-electron chi connectivity index (χ2n) is 10.3. The molecule has 0 saturated heterocycles. The molecule has 0 aliphatic heterocycles. The van der Waals surface area contributed by atoms with E-state index in [0.29, 0.717) is 27.8 Å². The van der Waals surface area contributed by atoms with Crippen LogP contribution in [0, 0.1) is 0 Å². The Morgan fingerprint density at radius 1 is 0.512 bits per heavy atom. The Hall–Kier alpha value is -5.61. The molecule has 196 valence electrons. The van der Waals surface area contributed by atoms with E-state index in [1.165, 1.54) is 0 Å². The summed E-state index contributed by atoms with van der Waals surface area (Å²) in [5, 5.41) is 3.67. The minimum absolute atomic E-state index is 0.184. The van der Waals surface area contributed by atoms with Gasteiger partial charge in [-0.1, -0.05) is 110 Å². The van der Waals surface area contributed by atoms with Crippen LogP contribution in [0.5, 0.6) is 0 Å². The molecule has 1 aromatic heterocycles. The van der Waals surface area contributed by atoms with Crippen molar-refractivity contribution < 1.29 is 0 Å². The zero-order valence-electron chi connectivity index (χ0n) is 22.3. The molecule has 4 heteroatoms. The second-order valence-corrected chi connectivity index (χ2v) is 10.3. The Kier molecular flexibility index (Phi) is 5.69. The molecule has 1 heterocycles. The fourth-order valence-corrected chi connectivity index (χ4v) is 5.93. The summed E-state index contributed by atoms with van der Waals surface area (Å²) >= 11 is 0. The summed E-state index contributed by atoms with van der Waals surface area (Å²) in [6.07, 6.45) is 0. The number of aromatic nitrogens is 1. The zero-order chi connectivity index (χ0) is 28.1. The van der Waals surface area contributed by atoms with Crippen LogP contribution in [-0.2, 0) is 0 Å². The summed E-state index contributed by atoms with van der Waals surface area (Å²) < 4.78 is 1.64. The van der Waals surface area contributed by atoms with Crippen molar-refractivity contribution in [2.45, 2.75) is 0 Å². The molecule has 7 rings (SSSR count). The van der Waals surface area contributed by atoms with Gasteiger partial charge in [0.1, 0.15) is 0 Å². The summed E-state index contributed by atoms with van der Waals surface area (Å²) in [6, 6.07) is 42.1. The van der Waals surface area contributed by atoms with Crippen LogP contribution < -0.4 is 22.4 Å². The van der Waals surface area contributed by atoms with Crippen LogP contribution in [0.3, 0.4) is 0 Å². The van der Waals surface area contributed by atoms with Crippen molar-refractivity contribution in [2.75, 3.05) is 11.5 Å². The summed E-state index contributed by atoms with van der Waals surface area (Å²) in [5.41, 5.74) is 20.9. The standard InChI is InChI=1S/C37H27N3O/c1-23-27-19-20-32(38)36-28(24-11-5-2-6-12-24)17-18-29(35(27)36)37(41)40(23)34-22-31(26-15-9-4-10-16-26)30(21-33(34)39)25-13-7-3-8-14-25/h2-22H,1,38-39H2. The van der Waals surface area contributed by atoms with E-state index in [9.17, 15) is 4.79 Å². The Morgan fingerprint density at radius 2 is 1.02 bits per heavy atom. The van der Waals surface area contributed by atoms with Gasteiger partial charge in [0, 0.05) is 27.2 Å². The van der Waals surface area contributed by atoms with Gasteiger partial charge >= 0.3 is 0 Å². The molecule has 0 fully saturated rings. The van der Waals surface area contributed by atoms with Gasteiger partial charge in [-0.2, -0.15) is 0 Å². The van der Waals surface area contributed by atoms with Gasteiger partial charge in [-0.25, -0.2) is 0 Å². The minimum Gasteiger partial charge on any atom is -0.398 e. The molecule has 7 aromatic rings. The van der Waals surface area contributed by atoms with E-state index in [-0.39, 0.29) is 5.56 Å². The maximum atomic E-state index is 14.3. The summed E-state index contributed by atoms with van der Waals surface area (Å²) in [5.74, 6) is 0. The number of anilines is 2. The van der Waals surface area contributed by atoms with Gasteiger partial charge in [-0.15, -0.1) is 0 Å². The van der Waals surface area contributed by atoms with Crippen LogP contribution in [0.4, 0.5) is 11.4 Å². The number of hydrogen-bond donors (Lipinski definition) is 2. The van der Waals surface area contributed by atoms with Crippen molar-refractivity contribution in [3.05, 3.63) is 143 Å². The normalized spacial score (nSPS) is 11.3. The summed E-state index contributed by atoms with van der Waals surface area (Å²) in [7, 11) is 0. The van der Waals surface area contributed by atoms with Gasteiger partial charge in [-0.3, -0.25) is 9.36 Å². The molecule has 0 atom stereocenters. The van der Waals surface area contributed by atoms with E-state index in [2.05, 4.69) is 43.0 Å². The van der Waals surface area contributed by atoms with Crippen LogP contribution in [0.15, 0.2) is 132 Å². The summed E-state index contributed by atoms with van der Waals surface area (Å²) in [4.78, 5) is 14.3. The highest BCUT2D eigenvalue weighted by Crippen LogP contribution is 2.39. The Morgan fingerprint density at radius 3 is 1.61 bits per heavy atom. The zero-order valence-corrected chi connectivity index (χ0v) is 22.3. The molecule has 0 radical (unpaired) electrons. The number of hydrogen-bond acceptors (Lipinski definition) is 3. The van der Waals surface area contributed by atoms with Gasteiger partial charge < -0.3 is 11.5 Å². The lowest BCUT2D eigenvalue weighted by Crippen LogP contribution is -2.32. The molecule has 4 nitrogen and oxygen atoms in total. The Balaban J connectivity index is 1.55. The number of rotatable bonds is 4. The van der Waals surface area contributed by atoms with Crippen LogP contribution in [0.1, 0.15) is 0 Å². The number of nitrogens with zero attached hydrogens (tertiary/aromatic N) is 1. The van der Waals surface area contributed by atoms with Gasteiger partial charge in [0.25, 0.3) is 5.56 Å². The van der Waals surface area contributed by atoms with Crippen LogP contribution in [0.2, 0.25) is 0 Å². The van der Waals surface area contributed by atoms with Crippen molar-refractivity contribution in [1.82, 2.24) is 4.57 Å². The van der Waals surface area contributed by atoms with Gasteiger partial charge in [-0.05, 0) is 57.6 Å². The highest BCUT2D eigenvalue weighted by Gasteiger charge is 2.20. The lowest BCUT2D eigenvalue weighted by Gasteiger charge is -2.20. The van der Waals surface area contributed by atoms with Crippen molar-refractivity contribution in [1.29, 1.82) is 0 Å². The average Bonchev–Trinajstić information content (AvgIpc) is 3.02. The molecule has 6 aromatic carbocycles. The second kappa shape index (κ2) is 9.54. The average molecular weight is 530 g/mol. The Labute approximate surface area is 237 Å². The van der Waals surface area contributed by atoms with Crippen LogP contribution in [0.25, 0.3) is 67.2 Å². The van der Waals surface area contributed by atoms with Gasteiger partial charge in [0.15, 0.2) is 0 Å². The fourth-order valence-electron chi connectivity index (χ4n) is 5.93. The predicted molar refractivity (Wildman–Crippen MR) is 173 cm³/mol. The monoisotopic (exact) mass is 529 g/mol. The first-order chi connectivity index (χ1) is 20.0. The maximum absolute atomic E-state index is 14.3. The van der Waals surface area contributed by atoms with Crippen LogP contribution in [-0.4, -0.2) is 4.57 Å². The minimum atomic E-state index is -0.184. The molecule has 0 aliphatic carbocycles. The third-order valence-corrected chi connectivity index (χ3v) is 7.87. The van der Waals surface area contributed by atoms with Gasteiger partial charge in [0.05, 0.1) is 16.7 Å². The smallest absolute Gasteiger partial charge is 0.263 e. The molecule has 41 heavy (non-hydrogen) atoms. The first kappa shape index (κ1) is 24.4. The van der Waals surface area contributed by atoms with Crippen LogP contribution >= 0.6 is 0 Å². The van der Waals surface area contributed by atoms with Crippen molar-refractivity contribution in [3.8, 4) is 39.1 Å². The topological polar surface area (TPSA) is 74.0 Å². The van der Waals surface area contributed by atoms with E-state index < -0.39 is 0 Å². The molecule has 0 saturated carbocycles. The first-order valence-electron chi connectivity index (χ1n) is 13.5. The summed E-state index contributed by atoms with van der Waals surface area (Å²) in [6.45, 7) is 4.41. The molecule has 0 bridgehead atoms. The number of pyridine rings is 1. The van der Waals surface area contributed by atoms with Crippen molar-refractivity contribution in [2.24, 2.45) is 0 Å². The van der Waals surface area contributed by atoms with Crippen molar-refractivity contribution in [3.63, 3.8) is 0 Å². The molecular weight excluding hydrogens is 502 g/mol. The first-order valence-corrected chi connectivity index (χ1v) is 13.5. The van der Waals surface area contributed by atoms with E-state index >= 15 is 0 Å². The highest BCUT2D eigenvalue weighted by molar-refractivity contribution is 6.19. The maximum Gasteiger partial charge on any atom is 0.263 e. The quantitative estimate of drug-likeness (QED) is 0.233. The van der Waals surface area contributed by atoms with E-state index in [1.54, 1.807) is 4.57 Å². The molecule has 0 spiro atoms. The van der Waals surface area contributed by atoms with E-state index in [1.807, 2.05) is 91.0 Å². The lowest BCUT2D eigenvalue weighted by atomic mass is 9.92. The molecule has 0 amide bonds. The largest absolute Gasteiger partial charge is 0.398 e. The van der Waals surface area contributed by atoms with Crippen molar-refractivity contribution >= 4 is 39.5 Å². The van der Waals surface area contributed by atoms with E-state index in [4.69, 9.17) is 11.5 Å². The highest BCUT2D eigenvalue weighted by atomic mass is 16.1. The fraction of sp³-hybridized carbons (Fsp3) is 0. The third kappa shape index (κ3) is 3.88. The Bertz CT molecular complexity index is 2150. The number of benzene rings is 6. The molecule has 4 N–H and O–H groups in total. The van der Waals surface area contributed by atoms with Gasteiger partial charge in [0.2, 0.25) is 0 Å². The SMILES string of the molecule is C=c1c2ccc(N)c3c(-c4ccccc4)ccc(c(=O)n1-c1cc(-c4ccccc4)c(-c4ccccc4)cc1N)c32. The molecule has 0 unspecified atom stereocenters. The number of nitrogens with two attached hydrogens (primary N) is 2. The lowest BCUT2D eigenvalue weighted by molar-refractivity contribution is 0.983. The number of nitrogen functional groups attached to an aromatic ring is 2. The molecule has 0 aliphatic rings. The van der Waals surface area contributed by atoms with E-state index in [0.717, 1.165) is 49.5 Å². The third-order valence-electron chi connectivity index (χ3n) is 7.87. The predicted octanol–water partition coefficient (Wildman–Crippen LogP) is 7.44.